The second kappa shape index (κ2) is 10.5. The highest BCUT2D eigenvalue weighted by molar-refractivity contribution is 7.84. The number of benzene rings is 1. The van der Waals surface area contributed by atoms with Gasteiger partial charge in [-0.15, -0.1) is 0 Å². The molecule has 2 unspecified atom stereocenters. The average Bonchev–Trinajstić information content (AvgIpc) is 2.58. The zero-order valence-corrected chi connectivity index (χ0v) is 18.0. The van der Waals surface area contributed by atoms with Crippen molar-refractivity contribution in [2.24, 2.45) is 0 Å². The summed E-state index contributed by atoms with van der Waals surface area (Å²) in [6, 6.07) is 5.47. The first-order valence-electron chi connectivity index (χ1n) is 8.50. The average molecular weight is 433 g/mol. The van der Waals surface area contributed by atoms with E-state index in [0.29, 0.717) is 11.3 Å². The lowest BCUT2D eigenvalue weighted by molar-refractivity contribution is -0.144. The molecule has 10 heteroatoms. The van der Waals surface area contributed by atoms with Gasteiger partial charge < -0.3 is 19.3 Å². The lowest BCUT2D eigenvalue weighted by Gasteiger charge is -2.23. The van der Waals surface area contributed by atoms with Gasteiger partial charge in [0.25, 0.3) is 0 Å². The Kier molecular flexibility index (Phi) is 9.01. The van der Waals surface area contributed by atoms with Crippen molar-refractivity contribution in [3.8, 4) is 5.75 Å². The molecular formula is C18H26ClN2O6P. The van der Waals surface area contributed by atoms with E-state index >= 15 is 0 Å². The Hall–Kier alpha value is -2.02. The van der Waals surface area contributed by atoms with Crippen LogP contribution in [0.15, 0.2) is 36.9 Å². The van der Waals surface area contributed by atoms with Crippen LogP contribution in [0.3, 0.4) is 0 Å². The van der Waals surface area contributed by atoms with Crippen LogP contribution >= 0.6 is 18.1 Å². The largest absolute Gasteiger partial charge is 0.460 e. The van der Waals surface area contributed by atoms with E-state index in [1.165, 1.54) is 13.1 Å². The first-order chi connectivity index (χ1) is 13.0. The predicted octanol–water partition coefficient (Wildman–Crippen LogP) is 3.80. The molecule has 1 aromatic rings. The van der Waals surface area contributed by atoms with E-state index in [1.54, 1.807) is 45.0 Å². The first kappa shape index (κ1) is 24.0. The van der Waals surface area contributed by atoms with Gasteiger partial charge >= 0.3 is 18.9 Å². The monoisotopic (exact) mass is 432 g/mol. The third-order valence-corrected chi connectivity index (χ3v) is 4.87. The standard InChI is InChI=1S/C18H26ClN2O6P/c1-6-11-25-16(22)15(21-17(23)26-18(2,3)4)12-13-7-9-14(10-8-13)27-28(19,24)20-5/h6-10,15H,1,11-12H2,2-5H3,(H,20,24)(H,21,23). The van der Waals surface area contributed by atoms with Gasteiger partial charge in [-0.1, -0.05) is 24.8 Å². The van der Waals surface area contributed by atoms with Gasteiger partial charge in [0.1, 0.15) is 24.0 Å². The molecule has 0 spiro atoms. The van der Waals surface area contributed by atoms with E-state index in [-0.39, 0.29) is 13.0 Å². The van der Waals surface area contributed by atoms with E-state index in [9.17, 15) is 14.2 Å². The number of amides is 1. The molecule has 8 nitrogen and oxygen atoms in total. The smallest absolute Gasteiger partial charge is 0.408 e. The minimum atomic E-state index is -3.44. The number of ether oxygens (including phenoxy) is 2. The summed E-state index contributed by atoms with van der Waals surface area (Å²) in [5.41, 5.74) is -0.000571. The summed E-state index contributed by atoms with van der Waals surface area (Å²) >= 11 is 5.67. The highest BCUT2D eigenvalue weighted by Crippen LogP contribution is 2.47. The highest BCUT2D eigenvalue weighted by atomic mass is 35.7. The van der Waals surface area contributed by atoms with E-state index in [2.05, 4.69) is 17.0 Å². The van der Waals surface area contributed by atoms with Gasteiger partial charge in [0.2, 0.25) is 0 Å². The van der Waals surface area contributed by atoms with Crippen molar-refractivity contribution >= 4 is 30.2 Å². The van der Waals surface area contributed by atoms with Gasteiger partial charge in [0.15, 0.2) is 0 Å². The number of alkyl carbamates (subject to hydrolysis) is 1. The summed E-state index contributed by atoms with van der Waals surface area (Å²) < 4.78 is 27.1. The molecule has 0 saturated heterocycles. The van der Waals surface area contributed by atoms with Gasteiger partial charge in [-0.3, -0.25) is 0 Å². The quantitative estimate of drug-likeness (QED) is 0.347. The summed E-state index contributed by atoms with van der Waals surface area (Å²) in [5, 5.41) is 4.90. The number of esters is 1. The fourth-order valence-electron chi connectivity index (χ4n) is 1.99. The molecule has 0 bridgehead atoms. The Bertz CT molecular complexity index is 733. The fraction of sp³-hybridized carbons (Fsp3) is 0.444. The van der Waals surface area contributed by atoms with Crippen LogP contribution in [-0.4, -0.2) is 37.4 Å². The third kappa shape index (κ3) is 9.26. The van der Waals surface area contributed by atoms with Crippen LogP contribution in [0.2, 0.25) is 0 Å². The molecule has 0 aliphatic carbocycles. The first-order valence-corrected chi connectivity index (χ1v) is 11.0. The van der Waals surface area contributed by atoms with Crippen LogP contribution in [0.1, 0.15) is 26.3 Å². The van der Waals surface area contributed by atoms with Crippen LogP contribution in [0.25, 0.3) is 0 Å². The summed E-state index contributed by atoms with van der Waals surface area (Å²) in [6.07, 6.45) is 0.853. The van der Waals surface area contributed by atoms with Crippen molar-refractivity contribution in [2.45, 2.75) is 38.8 Å². The summed E-state index contributed by atoms with van der Waals surface area (Å²) in [6.45, 7) is 5.23. The van der Waals surface area contributed by atoms with Crippen molar-refractivity contribution in [3.63, 3.8) is 0 Å². The fourth-order valence-corrected chi connectivity index (χ4v) is 2.71. The van der Waals surface area contributed by atoms with Crippen LogP contribution in [0.4, 0.5) is 4.79 Å². The molecule has 1 rings (SSSR count). The molecule has 0 aliphatic heterocycles. The van der Waals surface area contributed by atoms with Crippen molar-refractivity contribution in [1.82, 2.24) is 10.4 Å². The third-order valence-electron chi connectivity index (χ3n) is 3.17. The van der Waals surface area contributed by atoms with Gasteiger partial charge in [-0.05, 0) is 45.5 Å². The lowest BCUT2D eigenvalue weighted by Crippen LogP contribution is -2.45. The molecule has 1 amide bonds. The van der Waals surface area contributed by atoms with E-state index in [4.69, 9.17) is 25.2 Å². The summed E-state index contributed by atoms with van der Waals surface area (Å²) in [7, 11) is 1.42. The van der Waals surface area contributed by atoms with Crippen LogP contribution in [-0.2, 0) is 25.3 Å². The molecule has 0 fully saturated rings. The van der Waals surface area contributed by atoms with Gasteiger partial charge in [0.05, 0.1) is 0 Å². The van der Waals surface area contributed by atoms with Crippen LogP contribution in [0, 0.1) is 0 Å². The molecule has 0 saturated carbocycles. The zero-order valence-electron chi connectivity index (χ0n) is 16.4. The topological polar surface area (TPSA) is 103 Å². The number of carbonyl (C=O) groups excluding carboxylic acids is 2. The Balaban J connectivity index is 2.87. The van der Waals surface area contributed by atoms with E-state index < -0.39 is 30.6 Å². The molecular weight excluding hydrogens is 407 g/mol. The van der Waals surface area contributed by atoms with Crippen LogP contribution in [0.5, 0.6) is 5.75 Å². The Morgan fingerprint density at radius 1 is 1.29 bits per heavy atom. The number of halogens is 1. The minimum absolute atomic E-state index is 0.0210. The maximum absolute atomic E-state index is 12.3. The summed E-state index contributed by atoms with van der Waals surface area (Å²) in [5.74, 6) is -0.325. The molecule has 0 heterocycles. The number of carbonyl (C=O) groups is 2. The number of nitrogens with one attached hydrogen (secondary N) is 2. The summed E-state index contributed by atoms with van der Waals surface area (Å²) in [4.78, 5) is 24.3. The Morgan fingerprint density at radius 3 is 2.39 bits per heavy atom. The zero-order chi connectivity index (χ0) is 21.4. The molecule has 0 aromatic heterocycles. The number of rotatable bonds is 9. The van der Waals surface area contributed by atoms with E-state index in [0.717, 1.165) is 0 Å². The number of hydrogen-bond acceptors (Lipinski definition) is 6. The maximum Gasteiger partial charge on any atom is 0.408 e. The SMILES string of the molecule is C=CCOC(=O)C(Cc1ccc(OP(=O)(Cl)NC)cc1)NC(=O)OC(C)(C)C. The molecule has 0 radical (unpaired) electrons. The molecule has 2 N–H and O–H groups in total. The predicted molar refractivity (Wildman–Crippen MR) is 108 cm³/mol. The molecule has 1 aromatic carbocycles. The minimum Gasteiger partial charge on any atom is -0.460 e. The second-order valence-electron chi connectivity index (χ2n) is 6.76. The molecule has 28 heavy (non-hydrogen) atoms. The van der Waals surface area contributed by atoms with Crippen molar-refractivity contribution in [2.75, 3.05) is 13.7 Å². The molecule has 156 valence electrons. The Morgan fingerprint density at radius 2 is 1.89 bits per heavy atom. The normalized spacial score (nSPS) is 14.3. The number of hydrogen-bond donors (Lipinski definition) is 2. The van der Waals surface area contributed by atoms with Crippen molar-refractivity contribution < 1.29 is 28.2 Å². The second-order valence-corrected chi connectivity index (χ2v) is 9.68. The van der Waals surface area contributed by atoms with Crippen LogP contribution < -0.4 is 14.9 Å². The van der Waals surface area contributed by atoms with Crippen molar-refractivity contribution in [1.29, 1.82) is 0 Å². The lowest BCUT2D eigenvalue weighted by atomic mass is 10.1. The van der Waals surface area contributed by atoms with Crippen molar-refractivity contribution in [3.05, 3.63) is 42.5 Å². The van der Waals surface area contributed by atoms with Gasteiger partial charge in [-0.2, -0.15) is 0 Å². The molecule has 2 atom stereocenters. The van der Waals surface area contributed by atoms with Gasteiger partial charge in [-0.25, -0.2) is 19.2 Å². The maximum atomic E-state index is 12.3. The molecule has 0 aliphatic rings. The van der Waals surface area contributed by atoms with E-state index in [1.807, 2.05) is 0 Å². The Labute approximate surface area is 169 Å². The van der Waals surface area contributed by atoms with Gasteiger partial charge in [0, 0.05) is 17.7 Å². The highest BCUT2D eigenvalue weighted by Gasteiger charge is 2.26.